The van der Waals surface area contributed by atoms with E-state index in [1.807, 2.05) is 0 Å². The van der Waals surface area contributed by atoms with Crippen molar-refractivity contribution in [3.05, 3.63) is 0 Å². The maximum Gasteiger partial charge on any atom is -0.0352 e. The minimum Gasteiger partial charge on any atom is -0.0499 e. The smallest absolute Gasteiger partial charge is 0.0352 e. The number of hydrogen-bond donors (Lipinski definition) is 0. The third kappa shape index (κ3) is 0.500. The van der Waals surface area contributed by atoms with E-state index in [1.165, 1.54) is 23.7 Å². The summed E-state index contributed by atoms with van der Waals surface area (Å²) in [5, 5.41) is 0. The van der Waals surface area contributed by atoms with E-state index in [9.17, 15) is 0 Å². The second kappa shape index (κ2) is 1.36. The first-order chi connectivity index (χ1) is 4.45. The minimum absolute atomic E-state index is 1.21. The minimum atomic E-state index is 1.21. The molecule has 9 heavy (non-hydrogen) atoms. The van der Waals surface area contributed by atoms with E-state index in [-0.39, 0.29) is 0 Å². The lowest BCUT2D eigenvalue weighted by molar-refractivity contribution is -0.0374. The standard InChI is InChI=1S/C9H14/c1-2-6(1)9-5-7-3-4-8(7)9/h6-9H,1-5H2. The van der Waals surface area contributed by atoms with E-state index in [0.29, 0.717) is 0 Å². The molecule has 0 bridgehead atoms. The topological polar surface area (TPSA) is 0 Å². The Labute approximate surface area is 56.6 Å². The molecule has 0 heteroatoms. The van der Waals surface area contributed by atoms with Crippen LogP contribution in [0.4, 0.5) is 0 Å². The van der Waals surface area contributed by atoms with Gasteiger partial charge < -0.3 is 0 Å². The predicted molar refractivity (Wildman–Crippen MR) is 37.0 cm³/mol. The molecule has 3 unspecified atom stereocenters. The Morgan fingerprint density at radius 3 is 1.78 bits per heavy atom. The van der Waals surface area contributed by atoms with Gasteiger partial charge in [0, 0.05) is 0 Å². The Balaban J connectivity index is 1.69. The molecule has 0 aromatic carbocycles. The molecule has 0 amide bonds. The number of fused-ring (bicyclic) bond motifs is 1. The van der Waals surface area contributed by atoms with Crippen molar-refractivity contribution in [1.82, 2.24) is 0 Å². The van der Waals surface area contributed by atoms with Crippen LogP contribution >= 0.6 is 0 Å². The molecule has 3 rings (SSSR count). The van der Waals surface area contributed by atoms with Gasteiger partial charge in [-0.2, -0.15) is 0 Å². The van der Waals surface area contributed by atoms with Gasteiger partial charge in [0.25, 0.3) is 0 Å². The summed E-state index contributed by atoms with van der Waals surface area (Å²) in [6.45, 7) is 0. The summed E-state index contributed by atoms with van der Waals surface area (Å²) in [4.78, 5) is 0. The van der Waals surface area contributed by atoms with Crippen LogP contribution in [-0.2, 0) is 0 Å². The Kier molecular flexibility index (Phi) is 0.717. The van der Waals surface area contributed by atoms with Gasteiger partial charge in [0.2, 0.25) is 0 Å². The second-order valence-corrected chi connectivity index (χ2v) is 4.24. The highest BCUT2D eigenvalue weighted by Gasteiger charge is 2.52. The zero-order valence-electron chi connectivity index (χ0n) is 5.84. The fourth-order valence-corrected chi connectivity index (χ4v) is 2.85. The molecule has 3 fully saturated rings. The highest BCUT2D eigenvalue weighted by Crippen LogP contribution is 2.61. The molecule has 3 aliphatic rings. The van der Waals surface area contributed by atoms with Crippen LogP contribution in [0.3, 0.4) is 0 Å². The van der Waals surface area contributed by atoms with Gasteiger partial charge >= 0.3 is 0 Å². The summed E-state index contributed by atoms with van der Waals surface area (Å²) in [6.07, 6.45) is 7.94. The summed E-state index contributed by atoms with van der Waals surface area (Å²) in [7, 11) is 0. The number of rotatable bonds is 1. The lowest BCUT2D eigenvalue weighted by Crippen LogP contribution is -2.45. The van der Waals surface area contributed by atoms with Gasteiger partial charge in [0.05, 0.1) is 0 Å². The molecule has 3 saturated carbocycles. The van der Waals surface area contributed by atoms with Crippen molar-refractivity contribution < 1.29 is 0 Å². The van der Waals surface area contributed by atoms with Crippen LogP contribution in [0.15, 0.2) is 0 Å². The number of hydrogen-bond acceptors (Lipinski definition) is 0. The molecule has 0 radical (unpaired) electrons. The SMILES string of the molecule is C1CC2C1CC2C1CC1. The molecular weight excluding hydrogens is 108 g/mol. The van der Waals surface area contributed by atoms with Gasteiger partial charge in [-0.3, -0.25) is 0 Å². The van der Waals surface area contributed by atoms with Crippen LogP contribution in [0, 0.1) is 23.7 Å². The molecule has 0 spiro atoms. The van der Waals surface area contributed by atoms with Gasteiger partial charge in [-0.05, 0) is 55.8 Å². The zero-order chi connectivity index (χ0) is 5.84. The third-order valence-corrected chi connectivity index (χ3v) is 3.83. The van der Waals surface area contributed by atoms with Crippen LogP contribution in [0.2, 0.25) is 0 Å². The maximum absolute atomic E-state index is 1.62. The third-order valence-electron chi connectivity index (χ3n) is 3.83. The van der Waals surface area contributed by atoms with Crippen molar-refractivity contribution in [2.24, 2.45) is 23.7 Å². The van der Waals surface area contributed by atoms with Crippen molar-refractivity contribution in [2.75, 3.05) is 0 Å². The first kappa shape index (κ1) is 4.76. The maximum atomic E-state index is 1.62. The summed E-state index contributed by atoms with van der Waals surface area (Å²) in [5.74, 6) is 4.89. The quantitative estimate of drug-likeness (QED) is 0.501. The molecule has 3 atom stereocenters. The van der Waals surface area contributed by atoms with E-state index in [0.717, 1.165) is 0 Å². The lowest BCUT2D eigenvalue weighted by Gasteiger charge is -2.53. The van der Waals surface area contributed by atoms with Crippen molar-refractivity contribution in [3.63, 3.8) is 0 Å². The van der Waals surface area contributed by atoms with E-state index < -0.39 is 0 Å². The Morgan fingerprint density at radius 2 is 1.44 bits per heavy atom. The molecular formula is C9H14. The monoisotopic (exact) mass is 122 g/mol. The lowest BCUT2D eigenvalue weighted by atomic mass is 9.52. The average Bonchev–Trinajstić information content (AvgIpc) is 2.57. The summed E-state index contributed by atoms with van der Waals surface area (Å²) in [5.41, 5.74) is 0. The first-order valence-corrected chi connectivity index (χ1v) is 4.45. The average molecular weight is 122 g/mol. The van der Waals surface area contributed by atoms with E-state index in [4.69, 9.17) is 0 Å². The summed E-state index contributed by atoms with van der Waals surface area (Å²) < 4.78 is 0. The molecule has 50 valence electrons. The summed E-state index contributed by atoms with van der Waals surface area (Å²) in [6, 6.07) is 0. The van der Waals surface area contributed by atoms with Crippen LogP contribution in [0.1, 0.15) is 32.1 Å². The Bertz CT molecular complexity index is 135. The highest BCUT2D eigenvalue weighted by atomic mass is 14.6. The zero-order valence-corrected chi connectivity index (χ0v) is 5.84. The van der Waals surface area contributed by atoms with Gasteiger partial charge in [-0.1, -0.05) is 0 Å². The molecule has 3 aliphatic carbocycles. The fourth-order valence-electron chi connectivity index (χ4n) is 2.85. The van der Waals surface area contributed by atoms with Gasteiger partial charge in [0.15, 0.2) is 0 Å². The molecule has 0 heterocycles. The van der Waals surface area contributed by atoms with Crippen LogP contribution in [-0.4, -0.2) is 0 Å². The molecule has 0 aromatic heterocycles. The van der Waals surface area contributed by atoms with E-state index in [1.54, 1.807) is 32.1 Å². The molecule has 0 aliphatic heterocycles. The Morgan fingerprint density at radius 1 is 0.667 bits per heavy atom. The highest BCUT2D eigenvalue weighted by molar-refractivity contribution is 5.01. The van der Waals surface area contributed by atoms with E-state index >= 15 is 0 Å². The second-order valence-electron chi connectivity index (χ2n) is 4.24. The molecule has 0 nitrogen and oxygen atoms in total. The Hall–Kier alpha value is 0. The first-order valence-electron chi connectivity index (χ1n) is 4.45. The fraction of sp³-hybridized carbons (Fsp3) is 1.00. The van der Waals surface area contributed by atoms with Gasteiger partial charge in [0.1, 0.15) is 0 Å². The van der Waals surface area contributed by atoms with Gasteiger partial charge in [-0.15, -0.1) is 0 Å². The van der Waals surface area contributed by atoms with Crippen molar-refractivity contribution in [1.29, 1.82) is 0 Å². The normalized spacial score (nSPS) is 55.3. The van der Waals surface area contributed by atoms with Gasteiger partial charge in [-0.25, -0.2) is 0 Å². The molecule has 0 N–H and O–H groups in total. The molecule has 0 aromatic rings. The largest absolute Gasteiger partial charge is 0.0499 e. The van der Waals surface area contributed by atoms with E-state index in [2.05, 4.69) is 0 Å². The van der Waals surface area contributed by atoms with Crippen molar-refractivity contribution >= 4 is 0 Å². The molecule has 0 saturated heterocycles. The van der Waals surface area contributed by atoms with Crippen LogP contribution in [0.25, 0.3) is 0 Å². The summed E-state index contributed by atoms with van der Waals surface area (Å²) >= 11 is 0. The van der Waals surface area contributed by atoms with Crippen LogP contribution < -0.4 is 0 Å². The van der Waals surface area contributed by atoms with Crippen LogP contribution in [0.5, 0.6) is 0 Å². The van der Waals surface area contributed by atoms with Crippen molar-refractivity contribution in [3.8, 4) is 0 Å². The van der Waals surface area contributed by atoms with Crippen molar-refractivity contribution in [2.45, 2.75) is 32.1 Å². The predicted octanol–water partition coefficient (Wildman–Crippen LogP) is 2.44.